The third-order valence-electron chi connectivity index (χ3n) is 8.42. The number of hydrogen-bond donors (Lipinski definition) is 3. The van der Waals surface area contributed by atoms with E-state index < -0.39 is 62.6 Å². The van der Waals surface area contributed by atoms with Crippen molar-refractivity contribution in [3.63, 3.8) is 0 Å². The first kappa shape index (κ1) is 35.4. The molecule has 2 aromatic rings. The summed E-state index contributed by atoms with van der Waals surface area (Å²) in [6, 6.07) is 5.09. The Morgan fingerprint density at radius 2 is 1.89 bits per heavy atom. The van der Waals surface area contributed by atoms with E-state index in [1.54, 1.807) is 38.4 Å². The number of nitrogens with zero attached hydrogens (tertiary/aromatic N) is 2. The lowest BCUT2D eigenvalue weighted by Crippen LogP contribution is -2.62. The van der Waals surface area contributed by atoms with Crippen molar-refractivity contribution in [3.8, 4) is 11.6 Å². The van der Waals surface area contributed by atoms with E-state index in [2.05, 4.69) is 33.5 Å². The average Bonchev–Trinajstić information content (AvgIpc) is 3.83. The first-order valence-electron chi connectivity index (χ1n) is 15.6. The molecule has 3 N–H and O–H groups in total. The maximum atomic E-state index is 14.1. The summed E-state index contributed by atoms with van der Waals surface area (Å²) in [6.45, 7) is 12.6. The van der Waals surface area contributed by atoms with Gasteiger partial charge in [-0.15, -0.1) is 6.58 Å². The highest BCUT2D eigenvalue weighted by Crippen LogP contribution is 2.31. The van der Waals surface area contributed by atoms with Crippen molar-refractivity contribution in [1.29, 1.82) is 0 Å². The van der Waals surface area contributed by atoms with Gasteiger partial charge in [-0.2, -0.15) is 0 Å². The van der Waals surface area contributed by atoms with Crippen LogP contribution in [0, 0.1) is 5.92 Å². The second-order valence-corrected chi connectivity index (χ2v) is 14.2. The Labute approximate surface area is 275 Å². The SMILES string of the molecule is C=CC(=O)NC(CC(C)C)C(=O)N1CC(Oc2nccc3cc(OC)ccc23)CC1C(=O)NC(C=C)(CC)C(=O)NS(=O)(=O)C1CC1. The highest BCUT2D eigenvalue weighted by atomic mass is 32.2. The lowest BCUT2D eigenvalue weighted by Gasteiger charge is -2.33. The monoisotopic (exact) mass is 669 g/mol. The number of fused-ring (bicyclic) bond motifs is 1. The van der Waals surface area contributed by atoms with Crippen LogP contribution in [-0.4, -0.2) is 84.6 Å². The Balaban J connectivity index is 1.65. The number of rotatable bonds is 15. The van der Waals surface area contributed by atoms with E-state index in [4.69, 9.17) is 9.47 Å². The molecule has 1 aromatic carbocycles. The Hall–Kier alpha value is -4.46. The summed E-state index contributed by atoms with van der Waals surface area (Å²) in [6.07, 6.45) is 4.33. The molecule has 13 nitrogen and oxygen atoms in total. The number of nitrogens with one attached hydrogen (secondary N) is 3. The van der Waals surface area contributed by atoms with Crippen molar-refractivity contribution in [2.45, 2.75) is 81.9 Å². The fraction of sp³-hybridized carbons (Fsp3) is 0.485. The van der Waals surface area contributed by atoms with E-state index in [-0.39, 0.29) is 31.7 Å². The molecule has 4 rings (SSSR count). The Kier molecular flexibility index (Phi) is 10.9. The molecule has 4 unspecified atom stereocenters. The van der Waals surface area contributed by atoms with Crippen LogP contribution in [-0.2, 0) is 29.2 Å². The first-order valence-corrected chi connectivity index (χ1v) is 17.2. The van der Waals surface area contributed by atoms with E-state index in [1.807, 2.05) is 19.9 Å². The van der Waals surface area contributed by atoms with Crippen LogP contribution in [0.5, 0.6) is 11.6 Å². The zero-order chi connectivity index (χ0) is 34.5. The molecule has 2 fully saturated rings. The second kappa shape index (κ2) is 14.5. The van der Waals surface area contributed by atoms with Gasteiger partial charge in [0.2, 0.25) is 33.6 Å². The number of methoxy groups -OCH3 is 1. The van der Waals surface area contributed by atoms with Crippen LogP contribution >= 0.6 is 0 Å². The smallest absolute Gasteiger partial charge is 0.263 e. The maximum Gasteiger partial charge on any atom is 0.263 e. The van der Waals surface area contributed by atoms with Crippen molar-refractivity contribution >= 4 is 44.4 Å². The van der Waals surface area contributed by atoms with Gasteiger partial charge in [0, 0.05) is 18.0 Å². The largest absolute Gasteiger partial charge is 0.497 e. The summed E-state index contributed by atoms with van der Waals surface area (Å²) < 4.78 is 38.9. The fourth-order valence-electron chi connectivity index (χ4n) is 5.58. The molecule has 1 aliphatic carbocycles. The van der Waals surface area contributed by atoms with Crippen LogP contribution in [0.15, 0.2) is 55.8 Å². The second-order valence-electron chi connectivity index (χ2n) is 12.3. The van der Waals surface area contributed by atoms with Gasteiger partial charge in [-0.1, -0.05) is 33.4 Å². The average molecular weight is 670 g/mol. The van der Waals surface area contributed by atoms with E-state index in [9.17, 15) is 27.6 Å². The summed E-state index contributed by atoms with van der Waals surface area (Å²) in [5.41, 5.74) is -1.78. The molecule has 2 aliphatic rings. The standard InChI is InChI=1S/C33H43N5O8S/c1-7-28(39)35-26(16-20(4)5)31(41)38-19-23(46-30-25-13-10-22(45-6)17-21(25)14-15-34-30)18-27(38)29(40)36-33(8-2,9-3)32(42)37-47(43,44)24-11-12-24/h7-8,10,13-15,17,20,23-24,26-27H,1-2,9,11-12,16,18-19H2,3-6H3,(H,35,39)(H,36,40)(H,37,42). The minimum atomic E-state index is -3.92. The third-order valence-corrected chi connectivity index (χ3v) is 10.2. The summed E-state index contributed by atoms with van der Waals surface area (Å²) in [5.74, 6) is -1.75. The molecule has 1 saturated carbocycles. The molecule has 14 heteroatoms. The van der Waals surface area contributed by atoms with Crippen molar-refractivity contribution in [2.24, 2.45) is 5.92 Å². The number of ether oxygens (including phenoxy) is 2. The predicted molar refractivity (Wildman–Crippen MR) is 176 cm³/mol. The molecular weight excluding hydrogens is 626 g/mol. The molecule has 4 atom stereocenters. The molecule has 1 aromatic heterocycles. The fourth-order valence-corrected chi connectivity index (χ4v) is 6.95. The van der Waals surface area contributed by atoms with Gasteiger partial charge < -0.3 is 25.0 Å². The number of carbonyl (C=O) groups is 4. The molecular formula is C33H43N5O8S. The van der Waals surface area contributed by atoms with Gasteiger partial charge in [0.25, 0.3) is 5.91 Å². The van der Waals surface area contributed by atoms with E-state index >= 15 is 0 Å². The molecule has 0 radical (unpaired) electrons. The molecule has 1 saturated heterocycles. The predicted octanol–water partition coefficient (Wildman–Crippen LogP) is 2.37. The third kappa shape index (κ3) is 8.10. The summed E-state index contributed by atoms with van der Waals surface area (Å²) in [7, 11) is -2.35. The van der Waals surface area contributed by atoms with Crippen molar-refractivity contribution < 1.29 is 37.1 Å². The number of aromatic nitrogens is 1. The van der Waals surface area contributed by atoms with Gasteiger partial charge in [0.1, 0.15) is 29.5 Å². The number of benzene rings is 1. The molecule has 254 valence electrons. The molecule has 1 aliphatic heterocycles. The summed E-state index contributed by atoms with van der Waals surface area (Å²) in [4.78, 5) is 59.5. The van der Waals surface area contributed by atoms with Gasteiger partial charge in [0.05, 0.1) is 18.9 Å². The van der Waals surface area contributed by atoms with E-state index in [0.29, 0.717) is 29.9 Å². The number of sulfonamides is 1. The van der Waals surface area contributed by atoms with Gasteiger partial charge in [-0.3, -0.25) is 23.9 Å². The molecule has 0 spiro atoms. The summed E-state index contributed by atoms with van der Waals surface area (Å²) in [5, 5.41) is 6.20. The van der Waals surface area contributed by atoms with Crippen molar-refractivity contribution in [3.05, 3.63) is 55.8 Å². The van der Waals surface area contributed by atoms with E-state index in [1.165, 1.54) is 11.0 Å². The highest BCUT2D eigenvalue weighted by Gasteiger charge is 2.47. The van der Waals surface area contributed by atoms with Crippen LogP contribution in [0.3, 0.4) is 0 Å². The molecule has 4 amide bonds. The number of pyridine rings is 1. The minimum absolute atomic E-state index is 0.0103. The van der Waals surface area contributed by atoms with Crippen LogP contribution in [0.1, 0.15) is 52.9 Å². The van der Waals surface area contributed by atoms with Crippen molar-refractivity contribution in [1.82, 2.24) is 25.2 Å². The Morgan fingerprint density at radius 1 is 1.17 bits per heavy atom. The van der Waals surface area contributed by atoms with Crippen LogP contribution < -0.4 is 24.8 Å². The number of carbonyl (C=O) groups excluding carboxylic acids is 4. The quantitative estimate of drug-likeness (QED) is 0.190. The number of likely N-dealkylation sites (tertiary alicyclic amines) is 1. The molecule has 0 bridgehead atoms. The number of amides is 4. The summed E-state index contributed by atoms with van der Waals surface area (Å²) >= 11 is 0. The Morgan fingerprint density at radius 3 is 2.49 bits per heavy atom. The van der Waals surface area contributed by atoms with E-state index in [0.717, 1.165) is 11.5 Å². The topological polar surface area (TPSA) is 173 Å². The molecule has 47 heavy (non-hydrogen) atoms. The van der Waals surface area contributed by atoms with Crippen LogP contribution in [0.2, 0.25) is 0 Å². The van der Waals surface area contributed by atoms with Crippen LogP contribution in [0.25, 0.3) is 10.8 Å². The zero-order valence-corrected chi connectivity index (χ0v) is 28.0. The minimum Gasteiger partial charge on any atom is -0.497 e. The zero-order valence-electron chi connectivity index (χ0n) is 27.2. The van der Waals surface area contributed by atoms with Gasteiger partial charge in [-0.05, 0) is 67.3 Å². The Bertz CT molecular complexity index is 1660. The van der Waals surface area contributed by atoms with Crippen molar-refractivity contribution in [2.75, 3.05) is 13.7 Å². The normalized spacial score (nSPS) is 19.7. The lowest BCUT2D eigenvalue weighted by molar-refractivity contribution is -0.142. The first-order chi connectivity index (χ1) is 22.3. The van der Waals surface area contributed by atoms with Crippen LogP contribution in [0.4, 0.5) is 0 Å². The maximum absolute atomic E-state index is 14.1. The van der Waals surface area contributed by atoms with Gasteiger partial charge >= 0.3 is 0 Å². The lowest BCUT2D eigenvalue weighted by atomic mass is 9.94. The van der Waals surface area contributed by atoms with Gasteiger partial charge in [-0.25, -0.2) is 13.4 Å². The highest BCUT2D eigenvalue weighted by molar-refractivity contribution is 7.91. The van der Waals surface area contributed by atoms with Gasteiger partial charge in [0.15, 0.2) is 0 Å². The molecule has 2 heterocycles. The number of hydrogen-bond acceptors (Lipinski definition) is 9.